The first-order chi connectivity index (χ1) is 13.4. The first kappa shape index (κ1) is 18.8. The van der Waals surface area contributed by atoms with Gasteiger partial charge >= 0.3 is 0 Å². The Bertz CT molecular complexity index is 880. The van der Waals surface area contributed by atoms with Gasteiger partial charge in [-0.2, -0.15) is 0 Å². The number of likely N-dealkylation sites (tertiary alicyclic amines) is 1. The van der Waals surface area contributed by atoms with E-state index in [9.17, 15) is 4.79 Å². The molecule has 148 valence electrons. The van der Waals surface area contributed by atoms with Crippen LogP contribution >= 0.6 is 0 Å². The van der Waals surface area contributed by atoms with Crippen LogP contribution in [0.25, 0.3) is 0 Å². The Morgan fingerprint density at radius 1 is 1.21 bits per heavy atom. The summed E-state index contributed by atoms with van der Waals surface area (Å²) in [6.45, 7) is 4.09. The molecule has 5 nitrogen and oxygen atoms in total. The number of primary amides is 1. The zero-order valence-corrected chi connectivity index (χ0v) is 16.8. The van der Waals surface area contributed by atoms with Crippen molar-refractivity contribution in [1.82, 2.24) is 4.90 Å². The number of likely N-dealkylation sites (N-methyl/N-ethyl adjacent to an activating group) is 1. The summed E-state index contributed by atoms with van der Waals surface area (Å²) >= 11 is 0. The van der Waals surface area contributed by atoms with Crippen LogP contribution < -0.4 is 15.2 Å². The van der Waals surface area contributed by atoms with E-state index in [-0.39, 0.29) is 5.41 Å². The zero-order chi connectivity index (χ0) is 19.9. The number of carbonyl (C=O) groups excluding carboxylic acids is 1. The van der Waals surface area contributed by atoms with Crippen molar-refractivity contribution in [3.63, 3.8) is 0 Å². The monoisotopic (exact) mass is 380 g/mol. The van der Waals surface area contributed by atoms with Crippen LogP contribution in [0.4, 0.5) is 0 Å². The Hall–Kier alpha value is -2.53. The van der Waals surface area contributed by atoms with Crippen molar-refractivity contribution in [3.8, 4) is 11.5 Å². The van der Waals surface area contributed by atoms with E-state index in [4.69, 9.17) is 15.2 Å². The number of fused-ring (bicyclic) bond motifs is 4. The van der Waals surface area contributed by atoms with Crippen molar-refractivity contribution in [1.29, 1.82) is 0 Å². The summed E-state index contributed by atoms with van der Waals surface area (Å²) < 4.78 is 11.7. The number of ether oxygens (including phenoxy) is 2. The molecule has 1 heterocycles. The first-order valence-corrected chi connectivity index (χ1v) is 9.82. The van der Waals surface area contributed by atoms with Gasteiger partial charge in [0.2, 0.25) is 5.91 Å². The number of rotatable bonds is 5. The molecule has 2 N–H and O–H groups in total. The van der Waals surface area contributed by atoms with Gasteiger partial charge in [0.15, 0.2) is 0 Å². The summed E-state index contributed by atoms with van der Waals surface area (Å²) in [5.41, 5.74) is 8.68. The molecule has 2 aliphatic rings. The Morgan fingerprint density at radius 3 is 2.61 bits per heavy atom. The quantitative estimate of drug-likeness (QED) is 0.866. The summed E-state index contributed by atoms with van der Waals surface area (Å²) in [6.07, 6.45) is 2.12. The predicted molar refractivity (Wildman–Crippen MR) is 109 cm³/mol. The highest BCUT2D eigenvalue weighted by molar-refractivity contribution is 5.92. The van der Waals surface area contributed by atoms with E-state index in [0.717, 1.165) is 30.9 Å². The fourth-order valence-corrected chi connectivity index (χ4v) is 4.94. The minimum absolute atomic E-state index is 0.0481. The summed E-state index contributed by atoms with van der Waals surface area (Å²) in [7, 11) is 3.94. The van der Waals surface area contributed by atoms with Gasteiger partial charge in [0, 0.05) is 22.9 Å². The minimum atomic E-state index is -0.423. The molecule has 1 amide bonds. The molecule has 4 rings (SSSR count). The number of nitrogens with zero attached hydrogens (tertiary/aromatic N) is 1. The smallest absolute Gasteiger partial charge is 0.248 e. The van der Waals surface area contributed by atoms with E-state index in [2.05, 4.69) is 37.1 Å². The van der Waals surface area contributed by atoms with E-state index in [1.165, 1.54) is 11.1 Å². The maximum atomic E-state index is 11.3. The molecule has 5 heteroatoms. The van der Waals surface area contributed by atoms with E-state index < -0.39 is 5.91 Å². The molecule has 2 bridgehead atoms. The second kappa shape index (κ2) is 7.13. The maximum Gasteiger partial charge on any atom is 0.248 e. The third-order valence-corrected chi connectivity index (χ3v) is 6.76. The fourth-order valence-electron chi connectivity index (χ4n) is 4.94. The number of benzene rings is 2. The second-order valence-corrected chi connectivity index (χ2v) is 8.25. The van der Waals surface area contributed by atoms with Crippen molar-refractivity contribution < 1.29 is 14.3 Å². The molecular formula is C23H28N2O3. The van der Waals surface area contributed by atoms with Crippen molar-refractivity contribution in [2.45, 2.75) is 31.2 Å². The van der Waals surface area contributed by atoms with Crippen LogP contribution in [-0.2, 0) is 11.8 Å². The third kappa shape index (κ3) is 3.14. The van der Waals surface area contributed by atoms with Crippen LogP contribution in [-0.4, -0.2) is 44.2 Å². The Kier molecular flexibility index (Phi) is 4.79. The Labute approximate surface area is 166 Å². The lowest BCUT2D eigenvalue weighted by Gasteiger charge is -2.54. The number of hydrogen-bond donors (Lipinski definition) is 1. The van der Waals surface area contributed by atoms with Gasteiger partial charge in [0.05, 0.1) is 13.7 Å². The van der Waals surface area contributed by atoms with Crippen LogP contribution in [0.5, 0.6) is 11.5 Å². The molecule has 3 unspecified atom stereocenters. The summed E-state index contributed by atoms with van der Waals surface area (Å²) in [5.74, 6) is 1.64. The van der Waals surface area contributed by atoms with Crippen LogP contribution in [0.3, 0.4) is 0 Å². The molecule has 1 fully saturated rings. The molecule has 2 aromatic carbocycles. The van der Waals surface area contributed by atoms with E-state index in [0.29, 0.717) is 24.1 Å². The number of methoxy groups -OCH3 is 1. The van der Waals surface area contributed by atoms with E-state index in [1.54, 1.807) is 19.2 Å². The van der Waals surface area contributed by atoms with Gasteiger partial charge in [-0.3, -0.25) is 4.79 Å². The average molecular weight is 380 g/mol. The summed E-state index contributed by atoms with van der Waals surface area (Å²) in [4.78, 5) is 13.7. The standard InChI is InChI=1S/C23H28N2O3/c1-23-10-11-25(2)21(12-16-6-9-18(27-3)13-19(16)23)20(23)14-28-17-7-4-15(5-8-17)22(24)26/h4-9,13,20-21H,10-12,14H2,1-3H3,(H2,24,26). The van der Waals surface area contributed by atoms with Crippen LogP contribution in [0.2, 0.25) is 0 Å². The van der Waals surface area contributed by atoms with E-state index in [1.807, 2.05) is 12.1 Å². The predicted octanol–water partition coefficient (Wildman–Crippen LogP) is 3.01. The number of carbonyl (C=O) groups is 1. The van der Waals surface area contributed by atoms with Gasteiger partial charge in [-0.05, 0) is 74.0 Å². The third-order valence-electron chi connectivity index (χ3n) is 6.76. The van der Waals surface area contributed by atoms with Gasteiger partial charge < -0.3 is 20.1 Å². The van der Waals surface area contributed by atoms with Crippen LogP contribution in [0.15, 0.2) is 42.5 Å². The van der Waals surface area contributed by atoms with Gasteiger partial charge in [0.1, 0.15) is 11.5 Å². The van der Waals surface area contributed by atoms with Crippen molar-refractivity contribution in [2.24, 2.45) is 11.7 Å². The minimum Gasteiger partial charge on any atom is -0.497 e. The lowest BCUT2D eigenvalue weighted by molar-refractivity contribution is 0.0118. The zero-order valence-electron chi connectivity index (χ0n) is 16.8. The van der Waals surface area contributed by atoms with Gasteiger partial charge in [-0.25, -0.2) is 0 Å². The molecule has 0 aromatic heterocycles. The number of nitrogens with two attached hydrogens (primary N) is 1. The topological polar surface area (TPSA) is 64.8 Å². The fraction of sp³-hybridized carbons (Fsp3) is 0.435. The second-order valence-electron chi connectivity index (χ2n) is 8.25. The van der Waals surface area contributed by atoms with Gasteiger partial charge in [-0.1, -0.05) is 13.0 Å². The molecule has 0 spiro atoms. The van der Waals surface area contributed by atoms with Gasteiger partial charge in [0.25, 0.3) is 0 Å². The highest BCUT2D eigenvalue weighted by Crippen LogP contribution is 2.49. The highest BCUT2D eigenvalue weighted by atomic mass is 16.5. The summed E-state index contributed by atoms with van der Waals surface area (Å²) in [5, 5.41) is 0. The molecule has 1 saturated heterocycles. The van der Waals surface area contributed by atoms with Crippen LogP contribution in [0, 0.1) is 5.92 Å². The van der Waals surface area contributed by atoms with Crippen molar-refractivity contribution in [2.75, 3.05) is 27.3 Å². The molecular weight excluding hydrogens is 352 g/mol. The molecule has 2 aromatic rings. The summed E-state index contributed by atoms with van der Waals surface area (Å²) in [6, 6.07) is 14.0. The number of hydrogen-bond acceptors (Lipinski definition) is 4. The molecule has 3 atom stereocenters. The lowest BCUT2D eigenvalue weighted by atomic mass is 9.58. The lowest BCUT2D eigenvalue weighted by Crippen LogP contribution is -2.59. The first-order valence-electron chi connectivity index (χ1n) is 9.82. The Balaban J connectivity index is 1.61. The highest BCUT2D eigenvalue weighted by Gasteiger charge is 2.50. The average Bonchev–Trinajstić information content (AvgIpc) is 2.70. The molecule has 1 aliphatic heterocycles. The maximum absolute atomic E-state index is 11.3. The largest absolute Gasteiger partial charge is 0.497 e. The number of amides is 1. The normalized spacial score (nSPS) is 26.4. The number of piperidine rings is 1. The van der Waals surface area contributed by atoms with Gasteiger partial charge in [-0.15, -0.1) is 0 Å². The van der Waals surface area contributed by atoms with Crippen molar-refractivity contribution >= 4 is 5.91 Å². The molecule has 0 radical (unpaired) electrons. The Morgan fingerprint density at radius 2 is 1.93 bits per heavy atom. The van der Waals surface area contributed by atoms with Crippen molar-refractivity contribution in [3.05, 3.63) is 59.2 Å². The van der Waals surface area contributed by atoms with Crippen LogP contribution in [0.1, 0.15) is 34.8 Å². The SMILES string of the molecule is COc1ccc2c(c1)C1(C)CCN(C)C(C2)C1COc1ccc(C(N)=O)cc1. The molecule has 28 heavy (non-hydrogen) atoms. The molecule has 1 aliphatic carbocycles. The molecule has 0 saturated carbocycles. The van der Waals surface area contributed by atoms with E-state index >= 15 is 0 Å².